The maximum atomic E-state index is 12.8. The highest BCUT2D eigenvalue weighted by molar-refractivity contribution is 7.11. The van der Waals surface area contributed by atoms with Gasteiger partial charge in [-0.2, -0.15) is 13.2 Å². The molecule has 0 aliphatic carbocycles. The van der Waals surface area contributed by atoms with Crippen molar-refractivity contribution >= 4 is 11.3 Å². The molecule has 2 N–H and O–H groups in total. The summed E-state index contributed by atoms with van der Waals surface area (Å²) in [6.45, 7) is 1.56. The summed E-state index contributed by atoms with van der Waals surface area (Å²) >= 11 is 0.491. The fourth-order valence-corrected chi connectivity index (χ4v) is 2.45. The van der Waals surface area contributed by atoms with Gasteiger partial charge in [0.15, 0.2) is 5.01 Å². The Kier molecular flexibility index (Phi) is 3.36. The third-order valence-electron chi connectivity index (χ3n) is 2.70. The Morgan fingerprint density at radius 2 is 1.74 bits per heavy atom. The van der Waals surface area contributed by atoms with Gasteiger partial charge in [0.1, 0.15) is 5.82 Å². The number of nitrogens with two attached hydrogens (primary N) is 1. The molecule has 1 atom stereocenters. The zero-order chi connectivity index (χ0) is 14.3. The maximum Gasteiger partial charge on any atom is 0.443 e. The number of thiazole rings is 1. The number of benzene rings is 1. The van der Waals surface area contributed by atoms with Crippen LogP contribution in [-0.2, 0) is 11.7 Å². The molecule has 2 nitrogen and oxygen atoms in total. The molecule has 1 aromatic heterocycles. The molecule has 2 rings (SSSR count). The van der Waals surface area contributed by atoms with E-state index >= 15 is 0 Å². The number of aromatic nitrogens is 1. The molecule has 19 heavy (non-hydrogen) atoms. The van der Waals surface area contributed by atoms with Gasteiger partial charge in [-0.05, 0) is 24.6 Å². The monoisotopic (exact) mass is 290 g/mol. The summed E-state index contributed by atoms with van der Waals surface area (Å²) in [6, 6.07) is 5.32. The van der Waals surface area contributed by atoms with Crippen molar-refractivity contribution in [3.05, 3.63) is 51.7 Å². The molecule has 0 saturated carbocycles. The molecule has 7 heteroatoms. The van der Waals surface area contributed by atoms with Gasteiger partial charge < -0.3 is 5.73 Å². The Morgan fingerprint density at radius 1 is 1.16 bits per heavy atom. The summed E-state index contributed by atoms with van der Waals surface area (Å²) in [5.41, 5.74) is 5.42. The molecule has 0 amide bonds. The van der Waals surface area contributed by atoms with Crippen LogP contribution in [-0.4, -0.2) is 4.98 Å². The predicted octanol–water partition coefficient (Wildman–Crippen LogP) is 3.52. The second kappa shape index (κ2) is 4.57. The minimum Gasteiger partial charge on any atom is -0.317 e. The smallest absolute Gasteiger partial charge is 0.317 e. The first kappa shape index (κ1) is 14.0. The number of halogens is 4. The number of hydrogen-bond donors (Lipinski definition) is 1. The Morgan fingerprint density at radius 3 is 2.21 bits per heavy atom. The maximum absolute atomic E-state index is 12.8. The number of alkyl halides is 3. The Labute approximate surface area is 110 Å². The van der Waals surface area contributed by atoms with Crippen LogP contribution in [0.25, 0.3) is 0 Å². The van der Waals surface area contributed by atoms with Gasteiger partial charge in [-0.25, -0.2) is 9.37 Å². The second-order valence-electron chi connectivity index (χ2n) is 4.24. The predicted molar refractivity (Wildman–Crippen MR) is 64.2 cm³/mol. The number of nitrogens with zero attached hydrogens (tertiary/aromatic N) is 1. The van der Waals surface area contributed by atoms with Crippen LogP contribution in [0.15, 0.2) is 30.5 Å². The fourth-order valence-electron chi connectivity index (χ4n) is 1.58. The van der Waals surface area contributed by atoms with Crippen molar-refractivity contribution < 1.29 is 17.6 Å². The average Bonchev–Trinajstić information content (AvgIpc) is 2.79. The van der Waals surface area contributed by atoms with Crippen LogP contribution in [0.1, 0.15) is 22.4 Å². The lowest BCUT2D eigenvalue weighted by atomic mass is 9.92. The summed E-state index contributed by atoms with van der Waals surface area (Å²) in [7, 11) is 0. The molecular formula is C12H10F4N2S. The van der Waals surface area contributed by atoms with Crippen LogP contribution in [0.3, 0.4) is 0 Å². The lowest BCUT2D eigenvalue weighted by molar-refractivity contribution is -0.137. The highest BCUT2D eigenvalue weighted by Crippen LogP contribution is 2.37. The molecule has 102 valence electrons. The fraction of sp³-hybridized carbons (Fsp3) is 0.250. The van der Waals surface area contributed by atoms with Crippen molar-refractivity contribution in [1.29, 1.82) is 0 Å². The molecule has 0 saturated heterocycles. The molecule has 0 bridgehead atoms. The topological polar surface area (TPSA) is 38.9 Å². The van der Waals surface area contributed by atoms with E-state index < -0.39 is 22.5 Å². The van der Waals surface area contributed by atoms with E-state index in [0.717, 1.165) is 6.20 Å². The Bertz CT molecular complexity index is 572. The van der Waals surface area contributed by atoms with Crippen LogP contribution >= 0.6 is 11.3 Å². The highest BCUT2D eigenvalue weighted by Gasteiger charge is 2.37. The van der Waals surface area contributed by atoms with E-state index in [1.807, 2.05) is 0 Å². The van der Waals surface area contributed by atoms with E-state index in [0.29, 0.717) is 16.9 Å². The van der Waals surface area contributed by atoms with Crippen LogP contribution in [0.5, 0.6) is 0 Å². The SMILES string of the molecule is CC(N)(c1ccc(F)cc1)c1cnc(C(F)(F)F)s1. The van der Waals surface area contributed by atoms with Gasteiger partial charge in [-0.3, -0.25) is 0 Å². The van der Waals surface area contributed by atoms with Crippen LogP contribution < -0.4 is 5.73 Å². The normalized spacial score (nSPS) is 15.3. The third-order valence-corrected chi connectivity index (χ3v) is 3.98. The quantitative estimate of drug-likeness (QED) is 0.859. The van der Waals surface area contributed by atoms with Crippen molar-refractivity contribution in [2.45, 2.75) is 18.6 Å². The van der Waals surface area contributed by atoms with E-state index in [1.165, 1.54) is 24.3 Å². The van der Waals surface area contributed by atoms with Crippen LogP contribution in [0, 0.1) is 5.82 Å². The lowest BCUT2D eigenvalue weighted by Gasteiger charge is -2.23. The summed E-state index contributed by atoms with van der Waals surface area (Å²) < 4.78 is 50.3. The first-order chi connectivity index (χ1) is 8.71. The van der Waals surface area contributed by atoms with E-state index in [-0.39, 0.29) is 4.88 Å². The van der Waals surface area contributed by atoms with Gasteiger partial charge in [-0.15, -0.1) is 11.3 Å². The van der Waals surface area contributed by atoms with Crippen molar-refractivity contribution in [1.82, 2.24) is 4.98 Å². The minimum absolute atomic E-state index is 0.270. The minimum atomic E-state index is -4.48. The van der Waals surface area contributed by atoms with Crippen LogP contribution in [0.4, 0.5) is 17.6 Å². The lowest BCUT2D eigenvalue weighted by Crippen LogP contribution is -2.33. The average molecular weight is 290 g/mol. The molecule has 0 aliphatic heterocycles. The van der Waals surface area contributed by atoms with Gasteiger partial charge >= 0.3 is 6.18 Å². The zero-order valence-corrected chi connectivity index (χ0v) is 10.6. The summed E-state index contributed by atoms with van der Waals surface area (Å²) in [5.74, 6) is -0.431. The van der Waals surface area contributed by atoms with Crippen molar-refractivity contribution in [2.24, 2.45) is 5.73 Å². The molecule has 0 radical (unpaired) electrons. The van der Waals surface area contributed by atoms with Gasteiger partial charge in [0.05, 0.1) is 5.54 Å². The standard InChI is InChI=1S/C12H10F4N2S/c1-11(17,7-2-4-8(13)5-3-7)9-6-18-10(19-9)12(14,15)16/h2-6H,17H2,1H3. The summed E-state index contributed by atoms with van der Waals surface area (Å²) in [4.78, 5) is 3.61. The largest absolute Gasteiger partial charge is 0.443 e. The van der Waals surface area contributed by atoms with E-state index in [1.54, 1.807) is 6.92 Å². The number of hydrogen-bond acceptors (Lipinski definition) is 3. The first-order valence-electron chi connectivity index (χ1n) is 5.29. The zero-order valence-electron chi connectivity index (χ0n) is 9.83. The summed E-state index contributed by atoms with van der Waals surface area (Å²) in [6.07, 6.45) is -3.38. The molecular weight excluding hydrogens is 280 g/mol. The number of rotatable bonds is 2. The molecule has 0 fully saturated rings. The molecule has 0 spiro atoms. The second-order valence-corrected chi connectivity index (χ2v) is 5.27. The van der Waals surface area contributed by atoms with Crippen molar-refractivity contribution in [3.63, 3.8) is 0 Å². The van der Waals surface area contributed by atoms with E-state index in [2.05, 4.69) is 4.98 Å². The molecule has 1 aromatic carbocycles. The van der Waals surface area contributed by atoms with Crippen molar-refractivity contribution in [3.8, 4) is 0 Å². The molecule has 2 aromatic rings. The molecule has 0 aliphatic rings. The van der Waals surface area contributed by atoms with Gasteiger partial charge in [0.25, 0.3) is 0 Å². The van der Waals surface area contributed by atoms with E-state index in [4.69, 9.17) is 5.73 Å². The Balaban J connectivity index is 2.39. The van der Waals surface area contributed by atoms with Crippen LogP contribution in [0.2, 0.25) is 0 Å². The van der Waals surface area contributed by atoms with Gasteiger partial charge in [0, 0.05) is 11.1 Å². The van der Waals surface area contributed by atoms with Gasteiger partial charge in [0.2, 0.25) is 0 Å². The van der Waals surface area contributed by atoms with Crippen molar-refractivity contribution in [2.75, 3.05) is 0 Å². The highest BCUT2D eigenvalue weighted by atomic mass is 32.1. The molecule has 1 heterocycles. The third kappa shape index (κ3) is 2.76. The first-order valence-corrected chi connectivity index (χ1v) is 6.11. The van der Waals surface area contributed by atoms with Gasteiger partial charge in [-0.1, -0.05) is 12.1 Å². The Hall–Kier alpha value is -1.47. The van der Waals surface area contributed by atoms with E-state index in [9.17, 15) is 17.6 Å². The summed E-state index contributed by atoms with van der Waals surface area (Å²) in [5, 5.41) is -0.943. The molecule has 1 unspecified atom stereocenters.